The summed E-state index contributed by atoms with van der Waals surface area (Å²) >= 11 is 0. The third kappa shape index (κ3) is 2.77. The molecule has 0 bridgehead atoms. The predicted octanol–water partition coefficient (Wildman–Crippen LogP) is 3.09. The SMILES string of the molecule is C[C@H]1CN[C@H]2c3ccc(C(F)(F)F)nc3CO[C@H]2C1.Cl. The number of hydrogen-bond acceptors (Lipinski definition) is 3. The van der Waals surface area contributed by atoms with Crippen LogP contribution in [0.2, 0.25) is 0 Å². The van der Waals surface area contributed by atoms with Crippen LogP contribution in [0.25, 0.3) is 0 Å². The molecule has 3 heterocycles. The van der Waals surface area contributed by atoms with E-state index in [2.05, 4.69) is 17.2 Å². The van der Waals surface area contributed by atoms with Gasteiger partial charge >= 0.3 is 6.18 Å². The fraction of sp³-hybridized carbons (Fsp3) is 0.615. The van der Waals surface area contributed by atoms with Crippen LogP contribution >= 0.6 is 12.4 Å². The molecular weight excluding hydrogens is 293 g/mol. The van der Waals surface area contributed by atoms with Crippen LogP contribution in [0.15, 0.2) is 12.1 Å². The van der Waals surface area contributed by atoms with Gasteiger partial charge in [0.05, 0.1) is 24.4 Å². The minimum atomic E-state index is -4.40. The van der Waals surface area contributed by atoms with Gasteiger partial charge in [-0.25, -0.2) is 4.98 Å². The van der Waals surface area contributed by atoms with E-state index in [0.29, 0.717) is 11.6 Å². The molecule has 1 saturated heterocycles. The van der Waals surface area contributed by atoms with Crippen molar-refractivity contribution in [3.05, 3.63) is 29.1 Å². The topological polar surface area (TPSA) is 34.2 Å². The molecule has 0 aliphatic carbocycles. The zero-order valence-corrected chi connectivity index (χ0v) is 11.7. The molecule has 0 radical (unpaired) electrons. The molecule has 0 saturated carbocycles. The van der Waals surface area contributed by atoms with Gasteiger partial charge in [-0.1, -0.05) is 13.0 Å². The Morgan fingerprint density at radius 3 is 2.80 bits per heavy atom. The maximum absolute atomic E-state index is 12.6. The highest BCUT2D eigenvalue weighted by Crippen LogP contribution is 2.36. The molecule has 3 atom stereocenters. The Hall–Kier alpha value is -0.850. The molecule has 0 unspecified atom stereocenters. The van der Waals surface area contributed by atoms with Crippen molar-refractivity contribution >= 4 is 12.4 Å². The number of rotatable bonds is 0. The number of hydrogen-bond donors (Lipinski definition) is 1. The van der Waals surface area contributed by atoms with E-state index in [4.69, 9.17) is 4.74 Å². The van der Waals surface area contributed by atoms with Crippen molar-refractivity contribution in [2.24, 2.45) is 5.92 Å². The lowest BCUT2D eigenvalue weighted by Gasteiger charge is -2.39. The van der Waals surface area contributed by atoms with E-state index in [1.165, 1.54) is 6.07 Å². The number of halogens is 4. The van der Waals surface area contributed by atoms with Gasteiger partial charge in [0.2, 0.25) is 0 Å². The molecule has 0 spiro atoms. The summed E-state index contributed by atoms with van der Waals surface area (Å²) in [6.45, 7) is 3.15. The highest BCUT2D eigenvalue weighted by molar-refractivity contribution is 5.85. The van der Waals surface area contributed by atoms with Gasteiger partial charge in [-0.2, -0.15) is 13.2 Å². The predicted molar refractivity (Wildman–Crippen MR) is 69.6 cm³/mol. The van der Waals surface area contributed by atoms with Crippen LogP contribution in [0, 0.1) is 5.92 Å². The number of fused-ring (bicyclic) bond motifs is 3. The van der Waals surface area contributed by atoms with Crippen molar-refractivity contribution in [2.75, 3.05) is 6.54 Å². The summed E-state index contributed by atoms with van der Waals surface area (Å²) < 4.78 is 43.5. The highest BCUT2D eigenvalue weighted by Gasteiger charge is 2.38. The number of piperidine rings is 1. The Kier molecular flexibility index (Phi) is 4.27. The van der Waals surface area contributed by atoms with E-state index >= 15 is 0 Å². The average molecular weight is 309 g/mol. The smallest absolute Gasteiger partial charge is 0.370 e. The molecule has 112 valence electrons. The third-order valence-corrected chi connectivity index (χ3v) is 3.76. The number of aromatic nitrogens is 1. The number of nitrogens with zero attached hydrogens (tertiary/aromatic N) is 1. The molecule has 7 heteroatoms. The van der Waals surface area contributed by atoms with Crippen LogP contribution in [-0.4, -0.2) is 17.6 Å². The lowest BCUT2D eigenvalue weighted by Crippen LogP contribution is -2.45. The number of pyridine rings is 1. The van der Waals surface area contributed by atoms with Gasteiger partial charge in [0.25, 0.3) is 0 Å². The van der Waals surface area contributed by atoms with Crippen LogP contribution in [0.1, 0.15) is 36.3 Å². The Labute approximate surface area is 121 Å². The maximum atomic E-state index is 12.6. The quantitative estimate of drug-likeness (QED) is 0.800. The van der Waals surface area contributed by atoms with Gasteiger partial charge in [-0.3, -0.25) is 0 Å². The average Bonchev–Trinajstić information content (AvgIpc) is 2.36. The molecule has 1 aromatic rings. The van der Waals surface area contributed by atoms with Crippen molar-refractivity contribution < 1.29 is 17.9 Å². The molecular formula is C13H16ClF3N2O. The standard InChI is InChI=1S/C13H15F3N2O.ClH/c1-7-4-10-12(17-5-7)8-2-3-11(13(14,15)16)18-9(8)6-19-10;/h2-3,7,10,12,17H,4-6H2,1H3;1H/t7-,10+,12+;/m1./s1. The van der Waals surface area contributed by atoms with Crippen LogP contribution < -0.4 is 5.32 Å². The summed E-state index contributed by atoms with van der Waals surface area (Å²) in [4.78, 5) is 3.70. The number of ether oxygens (including phenoxy) is 1. The summed E-state index contributed by atoms with van der Waals surface area (Å²) in [5.74, 6) is 0.519. The first-order valence-corrected chi connectivity index (χ1v) is 6.37. The zero-order chi connectivity index (χ0) is 13.6. The second kappa shape index (κ2) is 5.50. The molecule has 2 aliphatic heterocycles. The summed E-state index contributed by atoms with van der Waals surface area (Å²) in [7, 11) is 0. The molecule has 0 aromatic carbocycles. The molecule has 3 nitrogen and oxygen atoms in total. The van der Waals surface area contributed by atoms with E-state index in [9.17, 15) is 13.2 Å². The summed E-state index contributed by atoms with van der Waals surface area (Å²) in [6, 6.07) is 2.56. The van der Waals surface area contributed by atoms with Gasteiger partial charge in [0, 0.05) is 0 Å². The van der Waals surface area contributed by atoms with Gasteiger partial charge in [-0.05, 0) is 30.5 Å². The van der Waals surface area contributed by atoms with E-state index in [0.717, 1.165) is 24.6 Å². The minimum absolute atomic E-state index is 0. The van der Waals surface area contributed by atoms with Gasteiger partial charge in [0.15, 0.2) is 0 Å². The van der Waals surface area contributed by atoms with Gasteiger partial charge < -0.3 is 10.1 Å². The maximum Gasteiger partial charge on any atom is 0.433 e. The number of nitrogens with one attached hydrogen (secondary N) is 1. The van der Waals surface area contributed by atoms with E-state index in [1.54, 1.807) is 0 Å². The Balaban J connectivity index is 0.00000147. The molecule has 20 heavy (non-hydrogen) atoms. The van der Waals surface area contributed by atoms with Crippen LogP contribution in [-0.2, 0) is 17.5 Å². The fourth-order valence-electron chi connectivity index (χ4n) is 2.80. The molecule has 1 aromatic heterocycles. The lowest BCUT2D eigenvalue weighted by molar-refractivity contribution is -0.141. The first-order valence-electron chi connectivity index (χ1n) is 6.37. The second-order valence-corrected chi connectivity index (χ2v) is 5.31. The normalized spacial score (nSPS) is 29.1. The van der Waals surface area contributed by atoms with Crippen molar-refractivity contribution in [3.63, 3.8) is 0 Å². The van der Waals surface area contributed by atoms with Crippen molar-refractivity contribution in [2.45, 2.75) is 38.3 Å². The monoisotopic (exact) mass is 308 g/mol. The summed E-state index contributed by atoms with van der Waals surface area (Å²) in [5, 5.41) is 3.34. The van der Waals surface area contributed by atoms with Crippen molar-refractivity contribution in [3.8, 4) is 0 Å². The Morgan fingerprint density at radius 2 is 2.10 bits per heavy atom. The third-order valence-electron chi connectivity index (χ3n) is 3.76. The number of alkyl halides is 3. The van der Waals surface area contributed by atoms with E-state index in [1.807, 2.05) is 0 Å². The zero-order valence-electron chi connectivity index (χ0n) is 10.9. The van der Waals surface area contributed by atoms with Crippen LogP contribution in [0.4, 0.5) is 13.2 Å². The van der Waals surface area contributed by atoms with Crippen LogP contribution in [0.5, 0.6) is 0 Å². The van der Waals surface area contributed by atoms with Gasteiger partial charge in [0.1, 0.15) is 5.69 Å². The minimum Gasteiger partial charge on any atom is -0.370 e. The van der Waals surface area contributed by atoms with Gasteiger partial charge in [-0.15, -0.1) is 12.4 Å². The molecule has 3 rings (SSSR count). The summed E-state index contributed by atoms with van der Waals surface area (Å²) in [6.07, 6.45) is -3.44. The Bertz CT molecular complexity index is 495. The van der Waals surface area contributed by atoms with Crippen molar-refractivity contribution in [1.82, 2.24) is 10.3 Å². The highest BCUT2D eigenvalue weighted by atomic mass is 35.5. The molecule has 1 N–H and O–H groups in total. The molecule has 2 aliphatic rings. The van der Waals surface area contributed by atoms with Crippen LogP contribution in [0.3, 0.4) is 0 Å². The van der Waals surface area contributed by atoms with Crippen molar-refractivity contribution in [1.29, 1.82) is 0 Å². The fourth-order valence-corrected chi connectivity index (χ4v) is 2.80. The molecule has 1 fully saturated rings. The second-order valence-electron chi connectivity index (χ2n) is 5.31. The van der Waals surface area contributed by atoms with E-state index in [-0.39, 0.29) is 31.2 Å². The van der Waals surface area contributed by atoms with E-state index < -0.39 is 11.9 Å². The Morgan fingerprint density at radius 1 is 1.35 bits per heavy atom. The first kappa shape index (κ1) is 15.5. The molecule has 0 amide bonds. The summed E-state index contributed by atoms with van der Waals surface area (Å²) in [5.41, 5.74) is 0.395. The lowest BCUT2D eigenvalue weighted by atomic mass is 9.87. The largest absolute Gasteiger partial charge is 0.433 e. The first-order chi connectivity index (χ1) is 8.95.